The number of nitrogens with one attached hydrogen (secondary N) is 2. The van der Waals surface area contributed by atoms with Gasteiger partial charge in [-0.05, 0) is 31.4 Å². The molecular formula is C19H15F3N8. The van der Waals surface area contributed by atoms with Gasteiger partial charge in [-0.2, -0.15) is 18.4 Å². The molecule has 4 heterocycles. The fourth-order valence-electron chi connectivity index (χ4n) is 4.08. The van der Waals surface area contributed by atoms with Gasteiger partial charge < -0.3 is 10.3 Å². The Kier molecular flexibility index (Phi) is 4.09. The van der Waals surface area contributed by atoms with E-state index in [1.54, 1.807) is 18.5 Å². The molecular weight excluding hydrogens is 397 g/mol. The van der Waals surface area contributed by atoms with Gasteiger partial charge in [0.05, 0.1) is 22.8 Å². The number of hydrogen-bond donors (Lipinski definition) is 2. The Bertz CT molecular complexity index is 1280. The van der Waals surface area contributed by atoms with Crippen LogP contribution in [0.25, 0.3) is 16.8 Å². The number of pyridine rings is 1. The van der Waals surface area contributed by atoms with Crippen molar-refractivity contribution in [2.75, 3.05) is 5.32 Å². The molecule has 152 valence electrons. The summed E-state index contributed by atoms with van der Waals surface area (Å²) in [6.07, 6.45) is 2.05. The van der Waals surface area contributed by atoms with Crippen LogP contribution in [0.5, 0.6) is 0 Å². The van der Waals surface area contributed by atoms with Gasteiger partial charge in [0.25, 0.3) is 0 Å². The highest BCUT2D eigenvalue weighted by atomic mass is 19.4. The summed E-state index contributed by atoms with van der Waals surface area (Å²) < 4.78 is 41.5. The second-order valence-corrected chi connectivity index (χ2v) is 7.30. The van der Waals surface area contributed by atoms with Crippen LogP contribution < -0.4 is 5.32 Å². The highest BCUT2D eigenvalue weighted by Crippen LogP contribution is 2.37. The van der Waals surface area contributed by atoms with Crippen molar-refractivity contribution in [1.82, 2.24) is 29.5 Å². The van der Waals surface area contributed by atoms with E-state index >= 15 is 0 Å². The maximum absolute atomic E-state index is 13.2. The molecule has 1 saturated carbocycles. The number of nitrogens with zero attached hydrogens (tertiary/aromatic N) is 6. The minimum absolute atomic E-state index is 0.0626. The predicted molar refractivity (Wildman–Crippen MR) is 101 cm³/mol. The van der Waals surface area contributed by atoms with E-state index in [0.717, 1.165) is 42.1 Å². The Balaban J connectivity index is 1.39. The van der Waals surface area contributed by atoms with Crippen LogP contribution in [0, 0.1) is 11.3 Å². The number of fused-ring (bicyclic) bond motifs is 3. The van der Waals surface area contributed by atoms with Crippen LogP contribution in [0.3, 0.4) is 0 Å². The number of anilines is 1. The molecule has 1 aliphatic carbocycles. The first kappa shape index (κ1) is 18.4. The zero-order valence-electron chi connectivity index (χ0n) is 15.5. The van der Waals surface area contributed by atoms with E-state index in [4.69, 9.17) is 5.26 Å². The van der Waals surface area contributed by atoms with Crippen molar-refractivity contribution >= 4 is 22.6 Å². The second kappa shape index (κ2) is 6.69. The summed E-state index contributed by atoms with van der Waals surface area (Å²) in [4.78, 5) is 11.4. The van der Waals surface area contributed by atoms with E-state index in [2.05, 4.69) is 30.5 Å². The van der Waals surface area contributed by atoms with Gasteiger partial charge in [0.2, 0.25) is 0 Å². The lowest BCUT2D eigenvalue weighted by atomic mass is 10.1. The lowest BCUT2D eigenvalue weighted by Gasteiger charge is -2.16. The fourth-order valence-corrected chi connectivity index (χ4v) is 4.08. The monoisotopic (exact) mass is 412 g/mol. The topological polar surface area (TPSA) is 108 Å². The summed E-state index contributed by atoms with van der Waals surface area (Å²) >= 11 is 0. The summed E-state index contributed by atoms with van der Waals surface area (Å²) in [6, 6.07) is 4.28. The van der Waals surface area contributed by atoms with Gasteiger partial charge in [-0.3, -0.25) is 4.40 Å². The molecule has 30 heavy (non-hydrogen) atoms. The van der Waals surface area contributed by atoms with E-state index in [-0.39, 0.29) is 17.8 Å². The van der Waals surface area contributed by atoms with Crippen molar-refractivity contribution in [3.63, 3.8) is 0 Å². The Morgan fingerprint density at radius 2 is 2.07 bits per heavy atom. The fraction of sp³-hybridized carbons (Fsp3) is 0.316. The summed E-state index contributed by atoms with van der Waals surface area (Å²) in [5.41, 5.74) is 0.793. The molecule has 8 nitrogen and oxygen atoms in total. The second-order valence-electron chi connectivity index (χ2n) is 7.30. The summed E-state index contributed by atoms with van der Waals surface area (Å²) in [5.74, 6) is 1.01. The summed E-state index contributed by atoms with van der Waals surface area (Å²) in [7, 11) is 0. The molecule has 0 unspecified atom stereocenters. The van der Waals surface area contributed by atoms with E-state index in [1.807, 2.05) is 10.5 Å². The molecule has 0 bridgehead atoms. The van der Waals surface area contributed by atoms with Gasteiger partial charge in [0.15, 0.2) is 11.3 Å². The van der Waals surface area contributed by atoms with Gasteiger partial charge in [-0.1, -0.05) is 0 Å². The third kappa shape index (κ3) is 3.01. The first-order valence-corrected chi connectivity index (χ1v) is 9.35. The highest BCUT2D eigenvalue weighted by Gasteiger charge is 2.35. The van der Waals surface area contributed by atoms with Gasteiger partial charge in [0, 0.05) is 24.4 Å². The molecule has 0 aliphatic heterocycles. The molecule has 0 saturated heterocycles. The van der Waals surface area contributed by atoms with Crippen LogP contribution in [-0.4, -0.2) is 35.6 Å². The molecule has 2 atom stereocenters. The van der Waals surface area contributed by atoms with Crippen molar-refractivity contribution in [1.29, 1.82) is 5.26 Å². The average Bonchev–Trinajstić information content (AvgIpc) is 3.45. The van der Waals surface area contributed by atoms with Crippen LogP contribution in [0.2, 0.25) is 0 Å². The van der Waals surface area contributed by atoms with E-state index in [9.17, 15) is 13.2 Å². The molecule has 0 amide bonds. The molecule has 4 aromatic rings. The average molecular weight is 412 g/mol. The minimum Gasteiger partial charge on any atom is -0.367 e. The van der Waals surface area contributed by atoms with E-state index in [1.165, 1.54) is 0 Å². The normalized spacial score (nSPS) is 19.4. The van der Waals surface area contributed by atoms with Gasteiger partial charge in [-0.15, -0.1) is 10.2 Å². The lowest BCUT2D eigenvalue weighted by Crippen LogP contribution is -2.18. The first-order chi connectivity index (χ1) is 14.4. The number of hydrogen-bond acceptors (Lipinski definition) is 6. The SMILES string of the molecule is N#Cc1cnc(N[C@H]2CC[C@@H](c3nnc4cnc5[nH]ccc5n34)C2)cc1C(F)(F)F. The zero-order valence-corrected chi connectivity index (χ0v) is 15.5. The standard InChI is InChI=1S/C19H15F3N8/c20-19(21,22)13-6-15(25-8-11(13)7-23)27-12-2-1-10(5-12)18-29-28-16-9-26-17-14(30(16)18)3-4-24-17/h3-4,6,8-10,12,24H,1-2,5H2,(H,25,27)/t10-,12+/m1/s1. The highest BCUT2D eigenvalue weighted by molar-refractivity contribution is 5.74. The van der Waals surface area contributed by atoms with Crippen LogP contribution in [0.4, 0.5) is 19.0 Å². The van der Waals surface area contributed by atoms with Crippen molar-refractivity contribution in [3.8, 4) is 6.07 Å². The van der Waals surface area contributed by atoms with Gasteiger partial charge in [0.1, 0.15) is 17.7 Å². The number of rotatable bonds is 3. The lowest BCUT2D eigenvalue weighted by molar-refractivity contribution is -0.137. The first-order valence-electron chi connectivity index (χ1n) is 9.35. The third-order valence-corrected chi connectivity index (χ3v) is 5.45. The number of alkyl halides is 3. The largest absolute Gasteiger partial charge is 0.417 e. The Morgan fingerprint density at radius 3 is 2.87 bits per heavy atom. The molecule has 0 aromatic carbocycles. The maximum atomic E-state index is 13.2. The summed E-state index contributed by atoms with van der Waals surface area (Å²) in [6.45, 7) is 0. The molecule has 11 heteroatoms. The van der Waals surface area contributed by atoms with Crippen LogP contribution in [0.15, 0.2) is 30.7 Å². The van der Waals surface area contributed by atoms with Gasteiger partial charge in [-0.25, -0.2) is 9.97 Å². The molecule has 0 radical (unpaired) electrons. The zero-order chi connectivity index (χ0) is 20.9. The molecule has 1 aliphatic rings. The molecule has 5 rings (SSSR count). The Morgan fingerprint density at radius 1 is 1.20 bits per heavy atom. The smallest absolute Gasteiger partial charge is 0.367 e. The quantitative estimate of drug-likeness (QED) is 0.532. The number of halogens is 3. The third-order valence-electron chi connectivity index (χ3n) is 5.45. The Hall–Kier alpha value is -3.68. The number of nitriles is 1. The van der Waals surface area contributed by atoms with Crippen molar-refractivity contribution < 1.29 is 13.2 Å². The van der Waals surface area contributed by atoms with Crippen LogP contribution in [-0.2, 0) is 6.18 Å². The minimum atomic E-state index is -4.61. The molecule has 2 N–H and O–H groups in total. The molecule has 1 fully saturated rings. The van der Waals surface area contributed by atoms with Gasteiger partial charge >= 0.3 is 6.18 Å². The van der Waals surface area contributed by atoms with E-state index < -0.39 is 17.3 Å². The number of aromatic amines is 1. The maximum Gasteiger partial charge on any atom is 0.417 e. The van der Waals surface area contributed by atoms with Crippen molar-refractivity contribution in [2.24, 2.45) is 0 Å². The van der Waals surface area contributed by atoms with E-state index in [0.29, 0.717) is 12.1 Å². The van der Waals surface area contributed by atoms with Crippen molar-refractivity contribution in [3.05, 3.63) is 47.7 Å². The van der Waals surface area contributed by atoms with Crippen LogP contribution in [0.1, 0.15) is 42.1 Å². The summed E-state index contributed by atoms with van der Waals surface area (Å²) in [5, 5.41) is 20.5. The predicted octanol–water partition coefficient (Wildman–Crippen LogP) is 3.64. The van der Waals surface area contributed by atoms with Crippen molar-refractivity contribution in [2.45, 2.75) is 37.4 Å². The molecule has 4 aromatic heterocycles. The van der Waals surface area contributed by atoms with Crippen LogP contribution >= 0.6 is 0 Å². The number of aromatic nitrogens is 6. The Labute approximate surface area is 167 Å². The number of H-pyrrole nitrogens is 1. The molecule has 0 spiro atoms.